The van der Waals surface area contributed by atoms with Crippen LogP contribution in [0.1, 0.15) is 24.2 Å². The molecule has 6 nitrogen and oxygen atoms in total. The van der Waals surface area contributed by atoms with Crippen molar-refractivity contribution in [3.8, 4) is 0 Å². The molecule has 1 spiro atoms. The van der Waals surface area contributed by atoms with Crippen molar-refractivity contribution in [1.29, 1.82) is 0 Å². The summed E-state index contributed by atoms with van der Waals surface area (Å²) in [4.78, 5) is 20.1. The van der Waals surface area contributed by atoms with Crippen LogP contribution in [0.2, 0.25) is 0 Å². The van der Waals surface area contributed by atoms with Gasteiger partial charge in [0, 0.05) is 52.5 Å². The summed E-state index contributed by atoms with van der Waals surface area (Å²) in [6, 6.07) is 6.14. The van der Waals surface area contributed by atoms with Gasteiger partial charge in [-0.1, -0.05) is 6.07 Å². The molecular weight excluding hydrogens is 306 g/mol. The van der Waals surface area contributed by atoms with E-state index in [2.05, 4.69) is 22.0 Å². The first-order valence-electron chi connectivity index (χ1n) is 8.56. The first-order chi connectivity index (χ1) is 11.5. The summed E-state index contributed by atoms with van der Waals surface area (Å²) in [5.41, 5.74) is 2.05. The highest BCUT2D eigenvalue weighted by atomic mass is 16.5. The summed E-state index contributed by atoms with van der Waals surface area (Å²) < 4.78 is 11.8. The highest BCUT2D eigenvalue weighted by molar-refractivity contribution is 5.76. The molecule has 0 aliphatic carbocycles. The van der Waals surface area contributed by atoms with Crippen LogP contribution in [0.3, 0.4) is 0 Å². The van der Waals surface area contributed by atoms with E-state index in [4.69, 9.17) is 9.47 Å². The number of carbonyl (C=O) groups excluding carboxylic acids is 1. The van der Waals surface area contributed by atoms with E-state index in [0.29, 0.717) is 6.61 Å². The summed E-state index contributed by atoms with van der Waals surface area (Å²) in [5, 5.41) is 0. The fraction of sp³-hybridized carbons (Fsp3) is 0.667. The van der Waals surface area contributed by atoms with Crippen molar-refractivity contribution >= 4 is 5.91 Å². The molecule has 24 heavy (non-hydrogen) atoms. The summed E-state index contributed by atoms with van der Waals surface area (Å²) >= 11 is 0. The van der Waals surface area contributed by atoms with Gasteiger partial charge in [0.2, 0.25) is 5.91 Å². The highest BCUT2D eigenvalue weighted by Crippen LogP contribution is 2.35. The topological polar surface area (TPSA) is 54.9 Å². The predicted octanol–water partition coefficient (Wildman–Crippen LogP) is 1.23. The standard InChI is InChI=1S/C18H27N3O3/c1-14-5-4-6-15(19-14)10-21-12-18(13-21)9-16(7-8-24-18)23-11-17(22)20(2)3/h4-6,16H,7-13H2,1-3H3/t16-/m1/s1. The third kappa shape index (κ3) is 4.12. The van der Waals surface area contributed by atoms with Crippen molar-refractivity contribution in [2.75, 3.05) is 40.4 Å². The third-order valence-corrected chi connectivity index (χ3v) is 4.74. The Morgan fingerprint density at radius 2 is 2.25 bits per heavy atom. The molecular formula is C18H27N3O3. The number of ether oxygens (including phenoxy) is 2. The Balaban J connectivity index is 1.47. The Morgan fingerprint density at radius 3 is 2.96 bits per heavy atom. The molecule has 1 atom stereocenters. The molecule has 0 saturated carbocycles. The second-order valence-corrected chi connectivity index (χ2v) is 7.16. The molecule has 3 rings (SSSR count). The smallest absolute Gasteiger partial charge is 0.248 e. The van der Waals surface area contributed by atoms with E-state index in [1.807, 2.05) is 13.0 Å². The second-order valence-electron chi connectivity index (χ2n) is 7.16. The first kappa shape index (κ1) is 17.3. The van der Waals surface area contributed by atoms with E-state index in [1.165, 1.54) is 0 Å². The predicted molar refractivity (Wildman–Crippen MR) is 90.6 cm³/mol. The molecule has 6 heteroatoms. The largest absolute Gasteiger partial charge is 0.372 e. The molecule has 0 unspecified atom stereocenters. The second kappa shape index (κ2) is 7.17. The molecule has 0 aromatic carbocycles. The van der Waals surface area contributed by atoms with Crippen LogP contribution in [0.4, 0.5) is 0 Å². The Hall–Kier alpha value is -1.50. The molecule has 132 valence electrons. The van der Waals surface area contributed by atoms with Crippen LogP contribution in [0, 0.1) is 6.92 Å². The molecule has 0 radical (unpaired) electrons. The summed E-state index contributed by atoms with van der Waals surface area (Å²) in [6.45, 7) is 5.55. The van der Waals surface area contributed by atoms with Gasteiger partial charge in [-0.3, -0.25) is 14.7 Å². The van der Waals surface area contributed by atoms with Crippen LogP contribution >= 0.6 is 0 Å². The number of rotatable bonds is 5. The zero-order valence-corrected chi connectivity index (χ0v) is 14.8. The molecule has 2 aliphatic heterocycles. The molecule has 2 fully saturated rings. The summed E-state index contributed by atoms with van der Waals surface area (Å²) in [5.74, 6) is 0.0105. The number of aryl methyl sites for hydroxylation is 1. The SMILES string of the molecule is Cc1cccc(CN2CC3(C[C@H](OCC(=O)N(C)C)CCO3)C2)n1. The first-order valence-corrected chi connectivity index (χ1v) is 8.56. The maximum atomic E-state index is 11.7. The van der Waals surface area contributed by atoms with Gasteiger partial charge in [0.25, 0.3) is 0 Å². The minimum atomic E-state index is -0.103. The van der Waals surface area contributed by atoms with Gasteiger partial charge < -0.3 is 14.4 Å². The van der Waals surface area contributed by atoms with Gasteiger partial charge in [0.15, 0.2) is 0 Å². The fourth-order valence-electron chi connectivity index (χ4n) is 3.46. The van der Waals surface area contributed by atoms with Gasteiger partial charge in [-0.15, -0.1) is 0 Å². The van der Waals surface area contributed by atoms with Crippen LogP contribution in [0.25, 0.3) is 0 Å². The summed E-state index contributed by atoms with van der Waals surface area (Å²) in [7, 11) is 3.50. The zero-order chi connectivity index (χ0) is 17.2. The van der Waals surface area contributed by atoms with Crippen LogP contribution < -0.4 is 0 Å². The van der Waals surface area contributed by atoms with E-state index in [-0.39, 0.29) is 24.2 Å². The van der Waals surface area contributed by atoms with Crippen molar-refractivity contribution in [1.82, 2.24) is 14.8 Å². The molecule has 0 N–H and O–H groups in total. The molecule has 3 heterocycles. The van der Waals surface area contributed by atoms with Gasteiger partial charge >= 0.3 is 0 Å². The zero-order valence-electron chi connectivity index (χ0n) is 14.8. The molecule has 2 saturated heterocycles. The quantitative estimate of drug-likeness (QED) is 0.811. The van der Waals surface area contributed by atoms with E-state index in [1.54, 1.807) is 19.0 Å². The Kier molecular flexibility index (Phi) is 5.18. The monoisotopic (exact) mass is 333 g/mol. The van der Waals surface area contributed by atoms with Crippen molar-refractivity contribution in [3.63, 3.8) is 0 Å². The maximum absolute atomic E-state index is 11.7. The van der Waals surface area contributed by atoms with E-state index >= 15 is 0 Å². The van der Waals surface area contributed by atoms with Crippen molar-refractivity contribution in [2.24, 2.45) is 0 Å². The van der Waals surface area contributed by atoms with Crippen LogP contribution in [0.15, 0.2) is 18.2 Å². The number of pyridine rings is 1. The van der Waals surface area contributed by atoms with E-state index in [9.17, 15) is 4.79 Å². The van der Waals surface area contributed by atoms with E-state index < -0.39 is 0 Å². The average Bonchev–Trinajstić information content (AvgIpc) is 2.51. The Morgan fingerprint density at radius 1 is 1.46 bits per heavy atom. The number of nitrogens with zero attached hydrogens (tertiary/aromatic N) is 3. The number of hydrogen-bond acceptors (Lipinski definition) is 5. The maximum Gasteiger partial charge on any atom is 0.248 e. The van der Waals surface area contributed by atoms with Crippen LogP contribution in [-0.2, 0) is 20.8 Å². The molecule has 2 aliphatic rings. The third-order valence-electron chi connectivity index (χ3n) is 4.74. The Labute approximate surface area is 143 Å². The normalized spacial score (nSPS) is 23.0. The minimum Gasteiger partial charge on any atom is -0.372 e. The lowest BCUT2D eigenvalue weighted by Gasteiger charge is -2.53. The number of hydrogen-bond donors (Lipinski definition) is 0. The molecule has 0 bridgehead atoms. The van der Waals surface area contributed by atoms with Crippen LogP contribution in [0.5, 0.6) is 0 Å². The average molecular weight is 333 g/mol. The molecule has 1 aromatic rings. The van der Waals surface area contributed by atoms with Crippen molar-refractivity contribution in [2.45, 2.75) is 38.0 Å². The van der Waals surface area contributed by atoms with Gasteiger partial charge in [-0.2, -0.15) is 0 Å². The Bertz CT molecular complexity index is 585. The molecule has 1 amide bonds. The number of amides is 1. The lowest BCUT2D eigenvalue weighted by atomic mass is 9.84. The summed E-state index contributed by atoms with van der Waals surface area (Å²) in [6.07, 6.45) is 1.84. The number of aromatic nitrogens is 1. The molecule has 1 aromatic heterocycles. The minimum absolute atomic E-state index is 0.0105. The lowest BCUT2D eigenvalue weighted by Crippen LogP contribution is -2.65. The lowest BCUT2D eigenvalue weighted by molar-refractivity contribution is -0.200. The van der Waals surface area contributed by atoms with Gasteiger partial charge in [0.05, 0.1) is 17.4 Å². The van der Waals surface area contributed by atoms with Crippen molar-refractivity contribution in [3.05, 3.63) is 29.6 Å². The van der Waals surface area contributed by atoms with Gasteiger partial charge in [-0.25, -0.2) is 0 Å². The number of carbonyl (C=O) groups is 1. The fourth-order valence-corrected chi connectivity index (χ4v) is 3.46. The van der Waals surface area contributed by atoms with Gasteiger partial charge in [-0.05, 0) is 25.5 Å². The van der Waals surface area contributed by atoms with Gasteiger partial charge in [0.1, 0.15) is 6.61 Å². The van der Waals surface area contributed by atoms with Crippen molar-refractivity contribution < 1.29 is 14.3 Å². The number of likely N-dealkylation sites (tertiary alicyclic amines) is 1. The van der Waals surface area contributed by atoms with Crippen LogP contribution in [-0.4, -0.2) is 72.8 Å². The number of likely N-dealkylation sites (N-methyl/N-ethyl adjacent to an activating group) is 1. The van der Waals surface area contributed by atoms with E-state index in [0.717, 1.165) is 43.9 Å². The highest BCUT2D eigenvalue weighted by Gasteiger charge is 2.47.